The average Bonchev–Trinajstić information content (AvgIpc) is 3.56. The first-order chi connectivity index (χ1) is 17.3. The minimum atomic E-state index is -2.80. The number of aliphatic imine (C=N–C) groups is 1. The first kappa shape index (κ1) is 25.9. The Morgan fingerprint density at radius 1 is 1.31 bits per heavy atom. The molecule has 2 fully saturated rings. The zero-order chi connectivity index (χ0) is 25.7. The summed E-state index contributed by atoms with van der Waals surface area (Å²) < 4.78 is 37.7. The Labute approximate surface area is 212 Å². The molecule has 190 valence electrons. The predicted molar refractivity (Wildman–Crippen MR) is 136 cm³/mol. The fourth-order valence-electron chi connectivity index (χ4n) is 3.65. The quantitative estimate of drug-likeness (QED) is 0.220. The van der Waals surface area contributed by atoms with Crippen molar-refractivity contribution >= 4 is 28.5 Å². The molecule has 2 heterocycles. The van der Waals surface area contributed by atoms with Crippen LogP contribution in [-0.4, -0.2) is 47.8 Å². The lowest BCUT2D eigenvalue weighted by Crippen LogP contribution is -2.21. The van der Waals surface area contributed by atoms with Gasteiger partial charge in [-0.2, -0.15) is 4.99 Å². The van der Waals surface area contributed by atoms with E-state index in [0.717, 1.165) is 31.0 Å². The second-order valence-corrected chi connectivity index (χ2v) is 9.59. The number of hydrogen-bond acceptors (Lipinski definition) is 7. The summed E-state index contributed by atoms with van der Waals surface area (Å²) in [5.41, 5.74) is 13.0. The van der Waals surface area contributed by atoms with Gasteiger partial charge in [0.1, 0.15) is 16.8 Å². The lowest BCUT2D eigenvalue weighted by Gasteiger charge is -2.17. The van der Waals surface area contributed by atoms with Crippen LogP contribution in [0.3, 0.4) is 0 Å². The number of thioether (sulfide) groups is 1. The highest BCUT2D eigenvalue weighted by Gasteiger charge is 2.22. The van der Waals surface area contributed by atoms with E-state index in [4.69, 9.17) is 20.9 Å². The van der Waals surface area contributed by atoms with E-state index < -0.39 is 23.4 Å². The Morgan fingerprint density at radius 2 is 2.11 bits per heavy atom. The van der Waals surface area contributed by atoms with Crippen molar-refractivity contribution < 1.29 is 23.0 Å². The third kappa shape index (κ3) is 6.72. The number of carbonyl (C=O) groups is 1. The Balaban J connectivity index is 1.68. The first-order valence-corrected chi connectivity index (χ1v) is 12.3. The molecule has 1 aliphatic heterocycles. The van der Waals surface area contributed by atoms with Crippen molar-refractivity contribution in [2.24, 2.45) is 22.4 Å². The second-order valence-electron chi connectivity index (χ2n) is 8.43. The van der Waals surface area contributed by atoms with Gasteiger partial charge >= 0.3 is 0 Å². The fraction of sp³-hybridized carbons (Fsp3) is 0.400. The maximum atomic E-state index is 13.5. The summed E-state index contributed by atoms with van der Waals surface area (Å²) in [7, 11) is 1.40. The van der Waals surface area contributed by atoms with Crippen LogP contribution in [0.1, 0.15) is 41.7 Å². The van der Waals surface area contributed by atoms with Crippen molar-refractivity contribution in [3.63, 3.8) is 0 Å². The van der Waals surface area contributed by atoms with Crippen LogP contribution in [0.5, 0.6) is 5.75 Å². The van der Waals surface area contributed by atoms with Crippen LogP contribution in [0, 0.1) is 17.8 Å². The molecule has 2 unspecified atom stereocenters. The second kappa shape index (κ2) is 11.7. The molecule has 1 amide bonds. The van der Waals surface area contributed by atoms with Crippen LogP contribution in [0.2, 0.25) is 0 Å². The molecule has 1 aromatic heterocycles. The Kier molecular flexibility index (Phi) is 8.40. The van der Waals surface area contributed by atoms with Crippen molar-refractivity contribution in [3.8, 4) is 28.7 Å². The van der Waals surface area contributed by atoms with E-state index in [1.54, 1.807) is 18.2 Å². The lowest BCUT2D eigenvalue weighted by molar-refractivity contribution is 0.100. The molecule has 36 heavy (non-hydrogen) atoms. The number of hydrogen-bond donors (Lipinski definition) is 3. The van der Waals surface area contributed by atoms with Crippen molar-refractivity contribution in [1.82, 2.24) is 4.98 Å². The number of nitrogens with zero attached hydrogens (tertiary/aromatic N) is 2. The monoisotopic (exact) mass is 515 g/mol. The molecule has 1 saturated heterocycles. The minimum absolute atomic E-state index is 0.0381. The maximum absolute atomic E-state index is 13.5. The highest BCUT2D eigenvalue weighted by atomic mass is 32.2. The van der Waals surface area contributed by atoms with E-state index in [2.05, 4.69) is 27.1 Å². The normalized spacial score (nSPS) is 18.5. The fourth-order valence-corrected chi connectivity index (χ4v) is 4.18. The standard InChI is InChI=1S/C25H27F2N5O3S/c1-34-21-12-30-20(23(26)27)11-19(21)18-10-15(31-16-8-9-35-13-16)5-6-17(18)24(33)32-25(29)36-22(28)7-4-14-2-3-14/h5-6,10-12,14,16,22-23,31H,2-3,8-9,13,28H2,1H3,(H2,29,32,33). The van der Waals surface area contributed by atoms with Crippen LogP contribution >= 0.6 is 11.8 Å². The van der Waals surface area contributed by atoms with Crippen molar-refractivity contribution in [2.45, 2.75) is 37.1 Å². The summed E-state index contributed by atoms with van der Waals surface area (Å²) in [6, 6.07) is 6.31. The number of rotatable bonds is 7. The molecular formula is C25H27F2N5O3S. The number of ether oxygens (including phenoxy) is 2. The SMILES string of the molecule is COc1cnc(C(F)F)cc1-c1cc(NC2CCOC2)ccc1C(=O)N=C(N)SC(N)C#CC1CC1. The molecule has 0 bridgehead atoms. The molecule has 1 aromatic carbocycles. The van der Waals surface area contributed by atoms with Gasteiger partial charge in [-0.15, -0.1) is 0 Å². The van der Waals surface area contributed by atoms with E-state index in [-0.39, 0.29) is 28.1 Å². The summed E-state index contributed by atoms with van der Waals surface area (Å²) in [5, 5.41) is 2.70. The van der Waals surface area contributed by atoms with E-state index in [1.807, 2.05) is 0 Å². The summed E-state index contributed by atoms with van der Waals surface area (Å²) in [5.74, 6) is 5.93. The lowest BCUT2D eigenvalue weighted by atomic mass is 9.97. The van der Waals surface area contributed by atoms with Gasteiger partial charge in [0, 0.05) is 34.9 Å². The Bertz CT molecular complexity index is 1200. The van der Waals surface area contributed by atoms with E-state index >= 15 is 0 Å². The molecule has 0 spiro atoms. The molecule has 2 aliphatic rings. The van der Waals surface area contributed by atoms with E-state index in [9.17, 15) is 13.6 Å². The molecule has 5 N–H and O–H groups in total. The molecule has 2 aromatic rings. The number of alkyl halides is 2. The van der Waals surface area contributed by atoms with Crippen LogP contribution < -0.4 is 21.5 Å². The number of nitrogens with one attached hydrogen (secondary N) is 1. The van der Waals surface area contributed by atoms with Gasteiger partial charge in [-0.25, -0.2) is 8.78 Å². The van der Waals surface area contributed by atoms with E-state index in [1.165, 1.54) is 19.4 Å². The summed E-state index contributed by atoms with van der Waals surface area (Å²) >= 11 is 0.983. The number of aromatic nitrogens is 1. The van der Waals surface area contributed by atoms with Crippen molar-refractivity contribution in [2.75, 3.05) is 25.6 Å². The predicted octanol–water partition coefficient (Wildman–Crippen LogP) is 3.78. The highest BCUT2D eigenvalue weighted by molar-refractivity contribution is 8.14. The number of nitrogens with two attached hydrogens (primary N) is 2. The molecule has 4 rings (SSSR count). The van der Waals surface area contributed by atoms with E-state index in [0.29, 0.717) is 30.4 Å². The number of pyridine rings is 1. The number of amides is 1. The highest BCUT2D eigenvalue weighted by Crippen LogP contribution is 2.36. The zero-order valence-electron chi connectivity index (χ0n) is 19.7. The molecule has 8 nitrogen and oxygen atoms in total. The number of benzene rings is 1. The third-order valence-corrected chi connectivity index (χ3v) is 6.34. The Hall–Kier alpha value is -3.20. The van der Waals surface area contributed by atoms with Crippen LogP contribution in [-0.2, 0) is 4.74 Å². The number of anilines is 1. The zero-order valence-corrected chi connectivity index (χ0v) is 20.5. The van der Waals surface area contributed by atoms with Crippen LogP contribution in [0.25, 0.3) is 11.1 Å². The van der Waals surface area contributed by atoms with Gasteiger partial charge < -0.3 is 26.3 Å². The van der Waals surface area contributed by atoms with Gasteiger partial charge in [-0.05, 0) is 43.5 Å². The number of methoxy groups -OCH3 is 1. The summed E-state index contributed by atoms with van der Waals surface area (Å²) in [4.78, 5) is 20.9. The Morgan fingerprint density at radius 3 is 2.78 bits per heavy atom. The topological polar surface area (TPSA) is 125 Å². The largest absolute Gasteiger partial charge is 0.494 e. The maximum Gasteiger partial charge on any atom is 0.280 e. The number of halogens is 2. The molecule has 2 atom stereocenters. The minimum Gasteiger partial charge on any atom is -0.494 e. The van der Waals surface area contributed by atoms with Gasteiger partial charge in [0.25, 0.3) is 12.3 Å². The molecule has 1 aliphatic carbocycles. The molecular weight excluding hydrogens is 488 g/mol. The van der Waals surface area contributed by atoms with Crippen molar-refractivity contribution in [1.29, 1.82) is 0 Å². The third-order valence-electron chi connectivity index (χ3n) is 5.64. The molecule has 0 radical (unpaired) electrons. The van der Waals surface area contributed by atoms with Gasteiger partial charge in [-0.1, -0.05) is 23.6 Å². The molecule has 1 saturated carbocycles. The van der Waals surface area contributed by atoms with Crippen LogP contribution in [0.4, 0.5) is 14.5 Å². The molecule has 11 heteroatoms. The smallest absolute Gasteiger partial charge is 0.280 e. The summed E-state index contributed by atoms with van der Waals surface area (Å²) in [6.07, 6.45) is 1.38. The van der Waals surface area contributed by atoms with Crippen LogP contribution in [0.15, 0.2) is 35.5 Å². The average molecular weight is 516 g/mol. The number of carbonyl (C=O) groups excluding carboxylic acids is 1. The van der Waals surface area contributed by atoms with Gasteiger partial charge in [0.2, 0.25) is 0 Å². The summed E-state index contributed by atoms with van der Waals surface area (Å²) in [6.45, 7) is 1.20. The number of amidine groups is 1. The van der Waals surface area contributed by atoms with Gasteiger partial charge in [-0.3, -0.25) is 9.78 Å². The first-order valence-electron chi connectivity index (χ1n) is 11.5. The van der Waals surface area contributed by atoms with Crippen molar-refractivity contribution in [3.05, 3.63) is 41.7 Å². The van der Waals surface area contributed by atoms with Gasteiger partial charge in [0.05, 0.1) is 26.0 Å². The van der Waals surface area contributed by atoms with Gasteiger partial charge in [0.15, 0.2) is 5.17 Å².